The lowest BCUT2D eigenvalue weighted by Crippen LogP contribution is -2.25. The highest BCUT2D eigenvalue weighted by Gasteiger charge is 2.15. The molecule has 5 heteroatoms. The molecule has 0 aliphatic heterocycles. The molecule has 106 valence electrons. The first kappa shape index (κ1) is 14.3. The number of likely N-dealkylation sites (N-methyl/N-ethyl adjacent to an activating group) is 1. The first-order chi connectivity index (χ1) is 9.45. The summed E-state index contributed by atoms with van der Waals surface area (Å²) in [5.41, 5.74) is -0.00697. The molecular weight excluding hydrogens is 261 g/mol. The Morgan fingerprint density at radius 2 is 2.10 bits per heavy atom. The molecule has 0 unspecified atom stereocenters. The van der Waals surface area contributed by atoms with Crippen molar-refractivity contribution in [1.29, 1.82) is 0 Å². The number of rotatable bonds is 5. The fourth-order valence-corrected chi connectivity index (χ4v) is 1.95. The van der Waals surface area contributed by atoms with Crippen LogP contribution in [0.5, 0.6) is 5.75 Å². The van der Waals surface area contributed by atoms with Gasteiger partial charge >= 0.3 is 0 Å². The van der Waals surface area contributed by atoms with Crippen molar-refractivity contribution in [2.24, 2.45) is 0 Å². The van der Waals surface area contributed by atoms with Crippen molar-refractivity contribution >= 4 is 5.78 Å². The number of nitrogens with zero attached hydrogens (tertiary/aromatic N) is 1. The van der Waals surface area contributed by atoms with E-state index in [0.717, 1.165) is 23.7 Å². The maximum atomic E-state index is 13.1. The number of carbonyl (C=O) groups excluding carboxylic acids is 1. The monoisotopic (exact) mass is 277 g/mol. The lowest BCUT2D eigenvalue weighted by Gasteiger charge is -2.14. The quantitative estimate of drug-likeness (QED) is 0.854. The number of benzene rings is 1. The van der Waals surface area contributed by atoms with Crippen LogP contribution in [-0.4, -0.2) is 29.4 Å². The van der Waals surface area contributed by atoms with Crippen LogP contribution in [0.4, 0.5) is 4.39 Å². The number of phenols is 1. The van der Waals surface area contributed by atoms with Gasteiger partial charge in [-0.15, -0.1) is 0 Å². The average molecular weight is 277 g/mol. The zero-order chi connectivity index (χ0) is 14.7. The Morgan fingerprint density at radius 3 is 2.75 bits per heavy atom. The van der Waals surface area contributed by atoms with Crippen LogP contribution in [0.25, 0.3) is 0 Å². The van der Waals surface area contributed by atoms with E-state index < -0.39 is 5.82 Å². The molecule has 0 fully saturated rings. The molecule has 0 aliphatic carbocycles. The standard InChI is InChI=1S/C15H16FNO3/c1-10-3-5-12(20-10)8-17(2)9-15(19)13-7-11(16)4-6-14(13)18/h3-7,18H,8-9H2,1-2H3. The number of furan rings is 1. The van der Waals surface area contributed by atoms with Gasteiger partial charge in [0.15, 0.2) is 5.78 Å². The van der Waals surface area contributed by atoms with Crippen LogP contribution in [0.15, 0.2) is 34.7 Å². The average Bonchev–Trinajstić information content (AvgIpc) is 2.77. The Labute approximate surface area is 116 Å². The van der Waals surface area contributed by atoms with Gasteiger partial charge in [-0.3, -0.25) is 9.69 Å². The van der Waals surface area contributed by atoms with Gasteiger partial charge in [0.25, 0.3) is 0 Å². The minimum atomic E-state index is -0.546. The summed E-state index contributed by atoms with van der Waals surface area (Å²) in [4.78, 5) is 13.8. The van der Waals surface area contributed by atoms with E-state index in [1.807, 2.05) is 19.1 Å². The third-order valence-electron chi connectivity index (χ3n) is 2.89. The van der Waals surface area contributed by atoms with Gasteiger partial charge in [-0.05, 0) is 44.3 Å². The largest absolute Gasteiger partial charge is 0.507 e. The van der Waals surface area contributed by atoms with Crippen molar-refractivity contribution in [2.45, 2.75) is 13.5 Å². The minimum absolute atomic E-state index is 0.00697. The lowest BCUT2D eigenvalue weighted by atomic mass is 10.1. The van der Waals surface area contributed by atoms with Crippen molar-refractivity contribution in [3.8, 4) is 5.75 Å². The van der Waals surface area contributed by atoms with E-state index in [4.69, 9.17) is 4.42 Å². The Kier molecular flexibility index (Phi) is 4.20. The summed E-state index contributed by atoms with van der Waals surface area (Å²) in [5, 5.41) is 9.59. The third kappa shape index (κ3) is 3.45. The minimum Gasteiger partial charge on any atom is -0.507 e. The van der Waals surface area contributed by atoms with Gasteiger partial charge in [0.1, 0.15) is 23.1 Å². The Bertz CT molecular complexity index is 621. The second kappa shape index (κ2) is 5.88. The molecule has 2 rings (SSSR count). The molecule has 0 saturated carbocycles. The number of aryl methyl sites for hydroxylation is 1. The lowest BCUT2D eigenvalue weighted by molar-refractivity contribution is 0.0936. The molecular formula is C15H16FNO3. The van der Waals surface area contributed by atoms with Gasteiger partial charge < -0.3 is 9.52 Å². The van der Waals surface area contributed by atoms with E-state index in [2.05, 4.69) is 0 Å². The SMILES string of the molecule is Cc1ccc(CN(C)CC(=O)c2cc(F)ccc2O)o1. The summed E-state index contributed by atoms with van der Waals surface area (Å²) in [7, 11) is 1.76. The Hall–Kier alpha value is -2.14. The number of hydrogen-bond donors (Lipinski definition) is 1. The van der Waals surface area contributed by atoms with Crippen molar-refractivity contribution in [2.75, 3.05) is 13.6 Å². The summed E-state index contributed by atoms with van der Waals surface area (Å²) in [6.07, 6.45) is 0. The Morgan fingerprint density at radius 1 is 1.35 bits per heavy atom. The highest BCUT2D eigenvalue weighted by Crippen LogP contribution is 2.19. The van der Waals surface area contributed by atoms with Gasteiger partial charge in [0.2, 0.25) is 0 Å². The van der Waals surface area contributed by atoms with Gasteiger partial charge in [0.05, 0.1) is 18.7 Å². The van der Waals surface area contributed by atoms with Crippen LogP contribution in [0.2, 0.25) is 0 Å². The summed E-state index contributed by atoms with van der Waals surface area (Å²) in [5.74, 6) is 0.464. The summed E-state index contributed by atoms with van der Waals surface area (Å²) in [6.45, 7) is 2.38. The molecule has 1 aromatic carbocycles. The highest BCUT2D eigenvalue weighted by atomic mass is 19.1. The topological polar surface area (TPSA) is 53.7 Å². The highest BCUT2D eigenvalue weighted by molar-refractivity contribution is 5.99. The molecule has 0 amide bonds. The van der Waals surface area contributed by atoms with E-state index in [-0.39, 0.29) is 23.6 Å². The van der Waals surface area contributed by atoms with Gasteiger partial charge in [0, 0.05) is 0 Å². The number of Topliss-reactive ketones (excluding diaryl/α,β-unsaturated/α-hetero) is 1. The predicted octanol–water partition coefficient (Wildman–Crippen LogP) is 2.75. The number of aromatic hydroxyl groups is 1. The maximum absolute atomic E-state index is 13.1. The second-order valence-corrected chi connectivity index (χ2v) is 4.77. The smallest absolute Gasteiger partial charge is 0.180 e. The van der Waals surface area contributed by atoms with Crippen LogP contribution in [0, 0.1) is 12.7 Å². The molecule has 0 spiro atoms. The van der Waals surface area contributed by atoms with Crippen molar-refractivity contribution in [3.05, 3.63) is 53.2 Å². The van der Waals surface area contributed by atoms with Crippen molar-refractivity contribution < 1.29 is 18.7 Å². The first-order valence-electron chi connectivity index (χ1n) is 6.21. The Balaban J connectivity index is 2.02. The fourth-order valence-electron chi connectivity index (χ4n) is 1.95. The zero-order valence-electron chi connectivity index (χ0n) is 11.4. The second-order valence-electron chi connectivity index (χ2n) is 4.77. The number of halogens is 1. The van der Waals surface area contributed by atoms with Gasteiger partial charge in [-0.1, -0.05) is 0 Å². The molecule has 1 N–H and O–H groups in total. The molecule has 20 heavy (non-hydrogen) atoms. The molecule has 1 aromatic heterocycles. The number of carbonyl (C=O) groups is 1. The van der Waals surface area contributed by atoms with E-state index in [1.165, 1.54) is 6.07 Å². The summed E-state index contributed by atoms with van der Waals surface area (Å²) in [6, 6.07) is 7.03. The van der Waals surface area contributed by atoms with E-state index in [0.29, 0.717) is 6.54 Å². The number of phenolic OH excluding ortho intramolecular Hbond substituents is 1. The first-order valence-corrected chi connectivity index (χ1v) is 6.21. The molecule has 0 aliphatic rings. The number of hydrogen-bond acceptors (Lipinski definition) is 4. The van der Waals surface area contributed by atoms with Gasteiger partial charge in [-0.2, -0.15) is 0 Å². The van der Waals surface area contributed by atoms with E-state index in [9.17, 15) is 14.3 Å². The third-order valence-corrected chi connectivity index (χ3v) is 2.89. The predicted molar refractivity (Wildman–Crippen MR) is 72.2 cm³/mol. The van der Waals surface area contributed by atoms with E-state index >= 15 is 0 Å². The summed E-state index contributed by atoms with van der Waals surface area (Å²) >= 11 is 0. The molecule has 4 nitrogen and oxygen atoms in total. The molecule has 0 bridgehead atoms. The number of ketones is 1. The molecule has 1 heterocycles. The van der Waals surface area contributed by atoms with Crippen molar-refractivity contribution in [3.63, 3.8) is 0 Å². The fraction of sp³-hybridized carbons (Fsp3) is 0.267. The molecule has 2 aromatic rings. The van der Waals surface area contributed by atoms with Crippen LogP contribution >= 0.6 is 0 Å². The normalized spacial score (nSPS) is 11.0. The zero-order valence-corrected chi connectivity index (χ0v) is 11.4. The van der Waals surface area contributed by atoms with Crippen LogP contribution < -0.4 is 0 Å². The van der Waals surface area contributed by atoms with Crippen LogP contribution in [-0.2, 0) is 6.54 Å². The van der Waals surface area contributed by atoms with E-state index in [1.54, 1.807) is 11.9 Å². The van der Waals surface area contributed by atoms with Crippen molar-refractivity contribution in [1.82, 2.24) is 4.90 Å². The molecule has 0 atom stereocenters. The van der Waals surface area contributed by atoms with Crippen LogP contribution in [0.1, 0.15) is 21.9 Å². The summed E-state index contributed by atoms with van der Waals surface area (Å²) < 4.78 is 18.5. The molecule has 0 saturated heterocycles. The van der Waals surface area contributed by atoms with Gasteiger partial charge in [-0.25, -0.2) is 4.39 Å². The van der Waals surface area contributed by atoms with Crippen LogP contribution in [0.3, 0.4) is 0 Å². The maximum Gasteiger partial charge on any atom is 0.180 e. The molecule has 0 radical (unpaired) electrons.